The second-order valence-corrected chi connectivity index (χ2v) is 11.9. The molecule has 0 saturated heterocycles. The number of aromatic nitrogens is 2. The maximum atomic E-state index is 13.3. The molecule has 3 rings (SSSR count). The third-order valence-corrected chi connectivity index (χ3v) is 7.80. The van der Waals surface area contributed by atoms with Crippen molar-refractivity contribution >= 4 is 38.9 Å². The van der Waals surface area contributed by atoms with E-state index in [1.165, 1.54) is 34.2 Å². The largest absolute Gasteiger partial charge is 0.476 e. The number of ether oxygens (including phenoxy) is 1. The second kappa shape index (κ2) is 10.4. The van der Waals surface area contributed by atoms with Crippen molar-refractivity contribution in [3.63, 3.8) is 0 Å². The van der Waals surface area contributed by atoms with Crippen LogP contribution in [-0.2, 0) is 15.6 Å². The van der Waals surface area contributed by atoms with E-state index < -0.39 is 21.5 Å². The van der Waals surface area contributed by atoms with Crippen LogP contribution in [-0.4, -0.2) is 41.2 Å². The van der Waals surface area contributed by atoms with Gasteiger partial charge in [0.1, 0.15) is 10.6 Å². The zero-order valence-corrected chi connectivity index (χ0v) is 22.6. The number of aromatic carboxylic acids is 1. The maximum Gasteiger partial charge on any atom is 0.356 e. The van der Waals surface area contributed by atoms with Crippen LogP contribution in [0.1, 0.15) is 66.8 Å². The van der Waals surface area contributed by atoms with E-state index in [0.717, 1.165) is 0 Å². The highest BCUT2D eigenvalue weighted by atomic mass is 32.2. The van der Waals surface area contributed by atoms with E-state index in [-0.39, 0.29) is 45.4 Å². The van der Waals surface area contributed by atoms with Crippen molar-refractivity contribution in [1.29, 1.82) is 0 Å². The predicted octanol–water partition coefficient (Wildman–Crippen LogP) is 4.83. The monoisotopic (exact) mass is 534 g/mol. The quantitative estimate of drug-likeness (QED) is 0.357. The van der Waals surface area contributed by atoms with Gasteiger partial charge in [-0.15, -0.1) is 11.3 Å². The van der Waals surface area contributed by atoms with Crippen molar-refractivity contribution < 1.29 is 27.9 Å². The van der Waals surface area contributed by atoms with Gasteiger partial charge in [0.25, 0.3) is 5.91 Å². The zero-order valence-electron chi connectivity index (χ0n) is 20.9. The van der Waals surface area contributed by atoms with Gasteiger partial charge in [0.05, 0.1) is 10.4 Å². The molecule has 10 nitrogen and oxygen atoms in total. The predicted molar refractivity (Wildman–Crippen MR) is 138 cm³/mol. The molecule has 194 valence electrons. The molecule has 1 atom stereocenters. The van der Waals surface area contributed by atoms with E-state index in [1.54, 1.807) is 31.4 Å². The fourth-order valence-corrected chi connectivity index (χ4v) is 5.35. The molecular weight excluding hydrogens is 504 g/mol. The van der Waals surface area contributed by atoms with Crippen LogP contribution < -0.4 is 14.8 Å². The van der Waals surface area contributed by atoms with Gasteiger partial charge >= 0.3 is 5.97 Å². The number of sulfonamides is 1. The highest BCUT2D eigenvalue weighted by molar-refractivity contribution is 7.89. The summed E-state index contributed by atoms with van der Waals surface area (Å²) in [5.74, 6) is -1.52. The van der Waals surface area contributed by atoms with Crippen LogP contribution in [0.4, 0.5) is 5.69 Å². The van der Waals surface area contributed by atoms with E-state index in [1.807, 2.05) is 27.7 Å². The summed E-state index contributed by atoms with van der Waals surface area (Å²) >= 11 is 1.26. The van der Waals surface area contributed by atoms with Gasteiger partial charge in [0.15, 0.2) is 5.69 Å². The lowest BCUT2D eigenvalue weighted by atomic mass is 10.1. The lowest BCUT2D eigenvalue weighted by molar-refractivity contribution is 0.0687. The Hall–Kier alpha value is -3.22. The first kappa shape index (κ1) is 27.4. The van der Waals surface area contributed by atoms with Crippen molar-refractivity contribution in [3.05, 3.63) is 51.8 Å². The van der Waals surface area contributed by atoms with Gasteiger partial charge in [-0.1, -0.05) is 13.0 Å². The lowest BCUT2D eigenvalue weighted by Crippen LogP contribution is -2.32. The number of hydrogen-bond acceptors (Lipinski definition) is 7. The molecule has 0 aliphatic rings. The molecule has 0 unspecified atom stereocenters. The van der Waals surface area contributed by atoms with Crippen LogP contribution in [0.3, 0.4) is 0 Å². The number of anilines is 1. The number of hydrogen-bond donors (Lipinski definition) is 3. The Morgan fingerprint density at radius 2 is 1.94 bits per heavy atom. The summed E-state index contributed by atoms with van der Waals surface area (Å²) in [5, 5.41) is 18.2. The Kier molecular flexibility index (Phi) is 7.91. The average Bonchev–Trinajstić information content (AvgIpc) is 3.43. The Morgan fingerprint density at radius 3 is 2.50 bits per heavy atom. The van der Waals surface area contributed by atoms with E-state index in [9.17, 15) is 23.1 Å². The van der Waals surface area contributed by atoms with Gasteiger partial charge in [-0.25, -0.2) is 22.6 Å². The first-order valence-electron chi connectivity index (χ1n) is 11.3. The minimum atomic E-state index is -4.07. The summed E-state index contributed by atoms with van der Waals surface area (Å²) in [7, 11) is -4.07. The number of thiophene rings is 1. The molecule has 0 saturated carbocycles. The van der Waals surface area contributed by atoms with Crippen molar-refractivity contribution in [1.82, 2.24) is 14.5 Å². The number of carbonyl (C=O) groups is 2. The summed E-state index contributed by atoms with van der Waals surface area (Å²) < 4.78 is 36.8. The fourth-order valence-electron chi connectivity index (χ4n) is 3.25. The first-order valence-corrected chi connectivity index (χ1v) is 13.6. The Morgan fingerprint density at radius 1 is 1.25 bits per heavy atom. The molecule has 0 spiro atoms. The molecule has 12 heteroatoms. The van der Waals surface area contributed by atoms with Gasteiger partial charge in [0, 0.05) is 17.3 Å². The summed E-state index contributed by atoms with van der Waals surface area (Å²) in [5.41, 5.74) is -0.332. The van der Waals surface area contributed by atoms with Crippen LogP contribution in [0.5, 0.6) is 11.6 Å². The van der Waals surface area contributed by atoms with Crippen molar-refractivity contribution in [2.75, 3.05) is 5.32 Å². The molecule has 2 aromatic heterocycles. The molecule has 1 aromatic carbocycles. The zero-order chi connectivity index (χ0) is 26.8. The molecule has 0 radical (unpaired) electrons. The smallest absolute Gasteiger partial charge is 0.356 e. The normalized spacial score (nSPS) is 12.8. The topological polar surface area (TPSA) is 140 Å². The van der Waals surface area contributed by atoms with Gasteiger partial charge in [-0.05, 0) is 70.7 Å². The van der Waals surface area contributed by atoms with E-state index >= 15 is 0 Å². The molecule has 3 N–H and O–H groups in total. The van der Waals surface area contributed by atoms with Crippen LogP contribution in [0, 0.1) is 6.92 Å². The molecule has 2 heterocycles. The van der Waals surface area contributed by atoms with Crippen LogP contribution in [0.25, 0.3) is 0 Å². The molecule has 0 aliphatic heterocycles. The fraction of sp³-hybridized carbons (Fsp3) is 0.375. The number of carbonyl (C=O) groups excluding carboxylic acids is 1. The minimum absolute atomic E-state index is 0.0367. The van der Waals surface area contributed by atoms with Crippen LogP contribution in [0.15, 0.2) is 40.6 Å². The Balaban J connectivity index is 2.12. The number of benzene rings is 1. The number of carboxylic acid groups (broad SMARTS) is 1. The minimum Gasteiger partial charge on any atom is -0.476 e. The second-order valence-electron chi connectivity index (χ2n) is 9.29. The standard InChI is InChI=1S/C24H30N4O6S2/c1-7-14(2)27-36(32,33)19-13-16(25-21(29)18-9-8-12-35-18)10-11-17(19)34-22-15(3)20(23(30)31)26-28(22)24(4,5)6/h8-14,27H,7H2,1-6H3,(H,25,29)(H,30,31)/t14-/m1/s1. The average molecular weight is 535 g/mol. The molecular formula is C24H30N4O6S2. The SMILES string of the molecule is CC[C@@H](C)NS(=O)(=O)c1cc(NC(=O)c2cccs2)ccc1Oc1c(C)c(C(=O)O)nn1C(C)(C)C. The number of amides is 1. The summed E-state index contributed by atoms with van der Waals surface area (Å²) in [4.78, 5) is 24.5. The number of nitrogens with zero attached hydrogens (tertiary/aromatic N) is 2. The van der Waals surface area contributed by atoms with Gasteiger partial charge in [-0.3, -0.25) is 4.79 Å². The van der Waals surface area contributed by atoms with Crippen molar-refractivity contribution in [2.45, 2.75) is 64.4 Å². The number of rotatable bonds is 9. The van der Waals surface area contributed by atoms with Crippen LogP contribution >= 0.6 is 11.3 Å². The van der Waals surface area contributed by atoms with Crippen LogP contribution in [0.2, 0.25) is 0 Å². The lowest BCUT2D eigenvalue weighted by Gasteiger charge is -2.23. The Bertz CT molecular complexity index is 1370. The van der Waals surface area contributed by atoms with E-state index in [2.05, 4.69) is 15.1 Å². The van der Waals surface area contributed by atoms with Crippen molar-refractivity contribution in [2.24, 2.45) is 0 Å². The third-order valence-electron chi connectivity index (χ3n) is 5.32. The molecule has 3 aromatic rings. The van der Waals surface area contributed by atoms with Gasteiger partial charge < -0.3 is 15.2 Å². The molecule has 1 amide bonds. The molecule has 36 heavy (non-hydrogen) atoms. The van der Waals surface area contributed by atoms with E-state index in [0.29, 0.717) is 11.3 Å². The first-order chi connectivity index (χ1) is 16.7. The summed E-state index contributed by atoms with van der Waals surface area (Å²) in [6, 6.07) is 7.32. The molecule has 0 bridgehead atoms. The molecule has 0 fully saturated rings. The van der Waals surface area contributed by atoms with Gasteiger partial charge in [-0.2, -0.15) is 5.10 Å². The summed E-state index contributed by atoms with van der Waals surface area (Å²) in [6.45, 7) is 10.6. The number of nitrogens with one attached hydrogen (secondary N) is 2. The summed E-state index contributed by atoms with van der Waals surface area (Å²) in [6.07, 6.45) is 0.558. The maximum absolute atomic E-state index is 13.3. The Labute approximate surface area is 214 Å². The third kappa shape index (κ3) is 5.94. The highest BCUT2D eigenvalue weighted by Crippen LogP contribution is 2.36. The van der Waals surface area contributed by atoms with E-state index in [4.69, 9.17) is 4.74 Å². The van der Waals surface area contributed by atoms with Gasteiger partial charge in [0.2, 0.25) is 15.9 Å². The van der Waals surface area contributed by atoms with Crippen molar-refractivity contribution in [3.8, 4) is 11.6 Å². The highest BCUT2D eigenvalue weighted by Gasteiger charge is 2.30. The number of carboxylic acids is 1. The molecule has 0 aliphatic carbocycles.